The molecule has 0 saturated heterocycles. The van der Waals surface area contributed by atoms with Crippen LogP contribution in [0.1, 0.15) is 38.3 Å². The van der Waals surface area contributed by atoms with Crippen molar-refractivity contribution in [3.63, 3.8) is 0 Å². The maximum atomic E-state index is 3.55. The maximum absolute atomic E-state index is 3.55. The van der Waals surface area contributed by atoms with Crippen molar-refractivity contribution < 1.29 is 0 Å². The largest absolute Gasteiger partial charge is 0.351 e. The van der Waals surface area contributed by atoms with Crippen LogP contribution in [0.3, 0.4) is 0 Å². The fourth-order valence-electron chi connectivity index (χ4n) is 2.92. The van der Waals surface area contributed by atoms with Crippen LogP contribution in [0.4, 0.5) is 0 Å². The fraction of sp³-hybridized carbons (Fsp3) is 0.733. The zero-order chi connectivity index (χ0) is 12.8. The molecule has 0 bridgehead atoms. The van der Waals surface area contributed by atoms with E-state index in [9.17, 15) is 0 Å². The third kappa shape index (κ3) is 3.59. The zero-order valence-electron chi connectivity index (χ0n) is 11.9. The Bertz CT molecular complexity index is 339. The van der Waals surface area contributed by atoms with E-state index in [0.717, 1.165) is 32.2 Å². The van der Waals surface area contributed by atoms with Gasteiger partial charge in [0.15, 0.2) is 0 Å². The van der Waals surface area contributed by atoms with Crippen LogP contribution in [-0.4, -0.2) is 35.6 Å². The van der Waals surface area contributed by atoms with E-state index in [1.807, 2.05) is 0 Å². The van der Waals surface area contributed by atoms with E-state index in [1.54, 1.807) is 0 Å². The summed E-state index contributed by atoms with van der Waals surface area (Å²) in [5.41, 5.74) is 1.39. The first-order chi connectivity index (χ1) is 8.81. The van der Waals surface area contributed by atoms with Gasteiger partial charge >= 0.3 is 0 Å². The van der Waals surface area contributed by atoms with Crippen LogP contribution in [0.25, 0.3) is 0 Å². The molecule has 18 heavy (non-hydrogen) atoms. The summed E-state index contributed by atoms with van der Waals surface area (Å²) in [7, 11) is 2.27. The minimum absolute atomic E-state index is 0.839. The highest BCUT2D eigenvalue weighted by molar-refractivity contribution is 5.06. The summed E-state index contributed by atoms with van der Waals surface area (Å²) < 4.78 is 2.30. The van der Waals surface area contributed by atoms with Crippen molar-refractivity contribution in [2.24, 2.45) is 0 Å². The molecule has 1 saturated carbocycles. The first-order valence-electron chi connectivity index (χ1n) is 7.36. The number of aromatic nitrogens is 1. The second-order valence-electron chi connectivity index (χ2n) is 5.38. The van der Waals surface area contributed by atoms with E-state index < -0.39 is 0 Å². The van der Waals surface area contributed by atoms with E-state index in [0.29, 0.717) is 0 Å². The minimum atomic E-state index is 0.839. The van der Waals surface area contributed by atoms with Gasteiger partial charge < -0.3 is 14.8 Å². The Labute approximate surface area is 111 Å². The van der Waals surface area contributed by atoms with E-state index in [-0.39, 0.29) is 0 Å². The molecule has 2 rings (SSSR count). The third-order valence-corrected chi connectivity index (χ3v) is 4.16. The molecular weight excluding hydrogens is 222 g/mol. The molecule has 1 aliphatic carbocycles. The molecule has 1 N–H and O–H groups in total. The Morgan fingerprint density at radius 2 is 2.17 bits per heavy atom. The Morgan fingerprint density at radius 1 is 1.39 bits per heavy atom. The number of hydrogen-bond acceptors (Lipinski definition) is 2. The van der Waals surface area contributed by atoms with Crippen molar-refractivity contribution in [2.75, 3.05) is 20.1 Å². The second-order valence-corrected chi connectivity index (χ2v) is 5.38. The monoisotopic (exact) mass is 249 g/mol. The van der Waals surface area contributed by atoms with Gasteiger partial charge in [-0.25, -0.2) is 0 Å². The average Bonchev–Trinajstić information content (AvgIpc) is 3.04. The molecule has 0 spiro atoms. The van der Waals surface area contributed by atoms with E-state index >= 15 is 0 Å². The lowest BCUT2D eigenvalue weighted by atomic mass is 10.2. The van der Waals surface area contributed by atoms with Crippen molar-refractivity contribution >= 4 is 0 Å². The lowest BCUT2D eigenvalue weighted by Gasteiger charge is -2.24. The van der Waals surface area contributed by atoms with Crippen molar-refractivity contribution in [3.05, 3.63) is 24.0 Å². The summed E-state index contributed by atoms with van der Waals surface area (Å²) in [4.78, 5) is 2.53. The van der Waals surface area contributed by atoms with Crippen LogP contribution in [0, 0.1) is 0 Å². The highest BCUT2D eigenvalue weighted by Crippen LogP contribution is 2.21. The van der Waals surface area contributed by atoms with E-state index in [1.165, 1.54) is 31.4 Å². The van der Waals surface area contributed by atoms with Gasteiger partial charge in [0.2, 0.25) is 0 Å². The molecule has 3 heteroatoms. The van der Waals surface area contributed by atoms with Gasteiger partial charge in [0, 0.05) is 44.1 Å². The molecule has 1 aromatic heterocycles. The normalized spacial score (nSPS) is 16.8. The van der Waals surface area contributed by atoms with Crippen LogP contribution in [0.2, 0.25) is 0 Å². The van der Waals surface area contributed by atoms with Crippen molar-refractivity contribution in [1.29, 1.82) is 0 Å². The first kappa shape index (κ1) is 13.6. The Hall–Kier alpha value is -0.800. The second kappa shape index (κ2) is 6.95. The molecule has 0 atom stereocenters. The van der Waals surface area contributed by atoms with Crippen LogP contribution >= 0.6 is 0 Å². The Morgan fingerprint density at radius 3 is 2.89 bits per heavy atom. The highest BCUT2D eigenvalue weighted by Gasteiger charge is 2.18. The van der Waals surface area contributed by atoms with Crippen molar-refractivity contribution in [1.82, 2.24) is 14.8 Å². The van der Waals surface area contributed by atoms with Gasteiger partial charge in [0.1, 0.15) is 0 Å². The minimum Gasteiger partial charge on any atom is -0.351 e. The van der Waals surface area contributed by atoms with Gasteiger partial charge in [0.25, 0.3) is 0 Å². The lowest BCUT2D eigenvalue weighted by Crippen LogP contribution is -2.35. The van der Waals surface area contributed by atoms with E-state index in [2.05, 4.69) is 47.1 Å². The van der Waals surface area contributed by atoms with Gasteiger partial charge in [-0.3, -0.25) is 0 Å². The van der Waals surface area contributed by atoms with Crippen molar-refractivity contribution in [3.8, 4) is 0 Å². The first-order valence-corrected chi connectivity index (χ1v) is 7.36. The predicted molar refractivity (Wildman–Crippen MR) is 76.7 cm³/mol. The SMILES string of the molecule is CCn1cccc1CNCCN(C)C1CCCC1. The van der Waals surface area contributed by atoms with Gasteiger partial charge in [-0.2, -0.15) is 0 Å². The molecule has 1 aromatic rings. The summed E-state index contributed by atoms with van der Waals surface area (Å²) >= 11 is 0. The number of likely N-dealkylation sites (N-methyl/N-ethyl adjacent to an activating group) is 1. The summed E-state index contributed by atoms with van der Waals surface area (Å²) in [5.74, 6) is 0. The average molecular weight is 249 g/mol. The molecule has 1 fully saturated rings. The summed E-state index contributed by atoms with van der Waals surface area (Å²) in [5, 5.41) is 3.55. The van der Waals surface area contributed by atoms with Crippen molar-refractivity contribution in [2.45, 2.75) is 51.7 Å². The van der Waals surface area contributed by atoms with E-state index in [4.69, 9.17) is 0 Å². The standard InChI is InChI=1S/C15H27N3/c1-3-18-11-6-9-15(18)13-16-10-12-17(2)14-7-4-5-8-14/h6,9,11,14,16H,3-5,7-8,10,12-13H2,1-2H3. The topological polar surface area (TPSA) is 20.2 Å². The smallest absolute Gasteiger partial charge is 0.0359 e. The maximum Gasteiger partial charge on any atom is 0.0359 e. The number of nitrogens with one attached hydrogen (secondary N) is 1. The zero-order valence-corrected chi connectivity index (χ0v) is 11.9. The number of nitrogens with zero attached hydrogens (tertiary/aromatic N) is 2. The number of rotatable bonds is 7. The molecule has 0 unspecified atom stereocenters. The van der Waals surface area contributed by atoms with Crippen LogP contribution in [-0.2, 0) is 13.1 Å². The Kier molecular flexibility index (Phi) is 5.26. The van der Waals surface area contributed by atoms with Gasteiger partial charge in [-0.1, -0.05) is 12.8 Å². The molecule has 3 nitrogen and oxygen atoms in total. The fourth-order valence-corrected chi connectivity index (χ4v) is 2.92. The molecule has 0 amide bonds. The molecule has 1 aliphatic rings. The highest BCUT2D eigenvalue weighted by atomic mass is 15.1. The molecule has 0 aliphatic heterocycles. The van der Waals surface area contributed by atoms with Crippen LogP contribution in [0.15, 0.2) is 18.3 Å². The van der Waals surface area contributed by atoms with Crippen LogP contribution < -0.4 is 5.32 Å². The number of hydrogen-bond donors (Lipinski definition) is 1. The Balaban J connectivity index is 1.63. The lowest BCUT2D eigenvalue weighted by molar-refractivity contribution is 0.245. The van der Waals surface area contributed by atoms with Gasteiger partial charge in [-0.05, 0) is 38.9 Å². The summed E-state index contributed by atoms with van der Waals surface area (Å²) in [6.07, 6.45) is 7.80. The third-order valence-electron chi connectivity index (χ3n) is 4.16. The summed E-state index contributed by atoms with van der Waals surface area (Å²) in [6, 6.07) is 5.17. The van der Waals surface area contributed by atoms with Gasteiger partial charge in [0.05, 0.1) is 0 Å². The quantitative estimate of drug-likeness (QED) is 0.749. The summed E-state index contributed by atoms with van der Waals surface area (Å²) in [6.45, 7) is 6.49. The molecule has 102 valence electrons. The molecule has 0 aromatic carbocycles. The van der Waals surface area contributed by atoms with Gasteiger partial charge in [-0.15, -0.1) is 0 Å². The molecule has 0 radical (unpaired) electrons. The molecular formula is C15H27N3. The predicted octanol–water partition coefficient (Wildman–Crippen LogP) is 2.47. The van der Waals surface area contributed by atoms with Crippen LogP contribution in [0.5, 0.6) is 0 Å². The molecule has 1 heterocycles. The number of aryl methyl sites for hydroxylation is 1.